The van der Waals surface area contributed by atoms with Crippen LogP contribution in [0.15, 0.2) is 58.3 Å². The number of nitrogens with zero attached hydrogens (tertiary/aromatic N) is 2. The van der Waals surface area contributed by atoms with E-state index in [4.69, 9.17) is 5.73 Å². The van der Waals surface area contributed by atoms with Crippen LogP contribution in [0.25, 0.3) is 32.9 Å². The highest BCUT2D eigenvalue weighted by molar-refractivity contribution is 6.08. The lowest BCUT2D eigenvalue weighted by atomic mass is 10.0. The van der Waals surface area contributed by atoms with Crippen LogP contribution in [0.3, 0.4) is 0 Å². The molecule has 9 nitrogen and oxygen atoms in total. The van der Waals surface area contributed by atoms with Gasteiger partial charge in [-0.25, -0.2) is 19.0 Å². The Hall–Kier alpha value is -4.73. The maximum absolute atomic E-state index is 14.7. The highest BCUT2D eigenvalue weighted by Gasteiger charge is 2.27. The fourth-order valence-electron chi connectivity index (χ4n) is 4.30. The normalized spacial score (nSPS) is 11.4. The summed E-state index contributed by atoms with van der Waals surface area (Å²) in [4.78, 5) is 45.5. The number of aromatic carboxylic acids is 1. The standard InChI is InChI=1S/C24H18FN5O4/c1-11-6-14-18(8-16(11)25)30(10-12-7-19(26)28-17-5-3-2-4-13(12)17)21(23(32)33)20(14)15-9-27-24(34)29-22(15)31/h2-9H,10H2,1H3,(H2,26,28)(H,32,33)(H2,27,29,31,34). The van der Waals surface area contributed by atoms with Gasteiger partial charge in [-0.05, 0) is 42.3 Å². The molecule has 0 aliphatic carbocycles. The van der Waals surface area contributed by atoms with E-state index in [-0.39, 0.29) is 40.3 Å². The number of benzene rings is 2. The second-order valence-electron chi connectivity index (χ2n) is 7.94. The third-order valence-electron chi connectivity index (χ3n) is 5.79. The number of nitrogens with one attached hydrogen (secondary N) is 2. The number of carboxylic acids is 1. The van der Waals surface area contributed by atoms with E-state index in [1.54, 1.807) is 19.1 Å². The Bertz CT molecular complexity index is 1750. The molecule has 170 valence electrons. The Labute approximate surface area is 190 Å². The molecule has 0 amide bonds. The summed E-state index contributed by atoms with van der Waals surface area (Å²) in [6.45, 7) is 1.57. The number of hydrogen-bond donors (Lipinski definition) is 4. The second kappa shape index (κ2) is 7.69. The van der Waals surface area contributed by atoms with Crippen molar-refractivity contribution < 1.29 is 14.3 Å². The van der Waals surface area contributed by atoms with Gasteiger partial charge in [0.1, 0.15) is 17.3 Å². The molecular formula is C24H18FN5O4. The number of hydrogen-bond acceptors (Lipinski definition) is 5. The van der Waals surface area contributed by atoms with E-state index in [1.165, 1.54) is 16.7 Å². The molecule has 0 saturated carbocycles. The van der Waals surface area contributed by atoms with Gasteiger partial charge in [0.05, 0.1) is 16.6 Å². The van der Waals surface area contributed by atoms with E-state index in [9.17, 15) is 23.9 Å². The van der Waals surface area contributed by atoms with E-state index in [0.717, 1.165) is 11.6 Å². The first kappa shape index (κ1) is 21.1. The van der Waals surface area contributed by atoms with Gasteiger partial charge in [0, 0.05) is 29.1 Å². The number of halogens is 1. The molecule has 5 aromatic rings. The minimum absolute atomic E-state index is 0.0229. The maximum atomic E-state index is 14.7. The fourth-order valence-corrected chi connectivity index (χ4v) is 4.30. The third kappa shape index (κ3) is 3.32. The van der Waals surface area contributed by atoms with Crippen LogP contribution in [0.2, 0.25) is 0 Å². The van der Waals surface area contributed by atoms with Crippen LogP contribution in [0, 0.1) is 12.7 Å². The molecule has 0 bridgehead atoms. The predicted molar refractivity (Wildman–Crippen MR) is 126 cm³/mol. The molecule has 0 aliphatic rings. The number of para-hydroxylation sites is 1. The molecule has 5 N–H and O–H groups in total. The van der Waals surface area contributed by atoms with Crippen molar-refractivity contribution in [3.8, 4) is 11.1 Å². The van der Waals surface area contributed by atoms with E-state index in [0.29, 0.717) is 16.5 Å². The number of nitrogens with two attached hydrogens (primary N) is 1. The fraction of sp³-hybridized carbons (Fsp3) is 0.0833. The zero-order chi connectivity index (χ0) is 24.1. The van der Waals surface area contributed by atoms with Crippen LogP contribution >= 0.6 is 0 Å². The molecule has 0 spiro atoms. The predicted octanol–water partition coefficient (Wildman–Crippen LogP) is 3.01. The average molecular weight is 459 g/mol. The summed E-state index contributed by atoms with van der Waals surface area (Å²) in [7, 11) is 0. The molecule has 0 atom stereocenters. The number of nitrogen functional groups attached to an aromatic ring is 1. The van der Waals surface area contributed by atoms with Crippen molar-refractivity contribution in [1.82, 2.24) is 19.5 Å². The Balaban J connectivity index is 1.89. The smallest absolute Gasteiger partial charge is 0.353 e. The number of aromatic amines is 2. The van der Waals surface area contributed by atoms with Crippen molar-refractivity contribution >= 4 is 33.6 Å². The van der Waals surface area contributed by atoms with Gasteiger partial charge in [-0.1, -0.05) is 18.2 Å². The number of aromatic nitrogens is 4. The first-order valence-corrected chi connectivity index (χ1v) is 10.3. The number of pyridine rings is 1. The summed E-state index contributed by atoms with van der Waals surface area (Å²) < 4.78 is 16.1. The van der Waals surface area contributed by atoms with Crippen LogP contribution in [0.1, 0.15) is 21.6 Å². The molecule has 2 aromatic carbocycles. The lowest BCUT2D eigenvalue weighted by Crippen LogP contribution is -2.23. The Morgan fingerprint density at radius 3 is 2.68 bits per heavy atom. The summed E-state index contributed by atoms with van der Waals surface area (Å²) in [6.07, 6.45) is 1.16. The minimum atomic E-state index is -1.32. The highest BCUT2D eigenvalue weighted by atomic mass is 19.1. The van der Waals surface area contributed by atoms with Crippen molar-refractivity contribution in [2.24, 2.45) is 0 Å². The number of H-pyrrole nitrogens is 2. The van der Waals surface area contributed by atoms with Crippen molar-refractivity contribution in [2.45, 2.75) is 13.5 Å². The number of anilines is 1. The molecule has 0 radical (unpaired) electrons. The van der Waals surface area contributed by atoms with Gasteiger partial charge in [0.2, 0.25) is 0 Å². The number of carbonyl (C=O) groups is 1. The first-order valence-electron chi connectivity index (χ1n) is 10.3. The van der Waals surface area contributed by atoms with Crippen LogP contribution in [0.4, 0.5) is 10.2 Å². The quantitative estimate of drug-likeness (QED) is 0.325. The molecular weight excluding hydrogens is 441 g/mol. The zero-order valence-corrected chi connectivity index (χ0v) is 17.8. The molecule has 0 saturated heterocycles. The summed E-state index contributed by atoms with van der Waals surface area (Å²) in [5.74, 6) is -1.59. The highest BCUT2D eigenvalue weighted by Crippen LogP contribution is 2.36. The van der Waals surface area contributed by atoms with Crippen LogP contribution in [-0.4, -0.2) is 30.6 Å². The largest absolute Gasteiger partial charge is 0.477 e. The zero-order valence-electron chi connectivity index (χ0n) is 17.8. The minimum Gasteiger partial charge on any atom is -0.477 e. The van der Waals surface area contributed by atoms with Gasteiger partial charge in [-0.15, -0.1) is 0 Å². The number of aryl methyl sites for hydroxylation is 1. The average Bonchev–Trinajstić information content (AvgIpc) is 3.07. The van der Waals surface area contributed by atoms with Gasteiger partial charge in [0.25, 0.3) is 5.56 Å². The van der Waals surface area contributed by atoms with Gasteiger partial charge in [0.15, 0.2) is 0 Å². The SMILES string of the molecule is Cc1cc2c(-c3c[nH]c(=O)[nH]c3=O)c(C(=O)O)n(Cc3cc(N)nc4ccccc34)c2cc1F. The summed E-state index contributed by atoms with van der Waals surface area (Å²) in [5.41, 5.74) is 6.16. The summed E-state index contributed by atoms with van der Waals surface area (Å²) in [6, 6.07) is 11.6. The number of rotatable bonds is 4. The van der Waals surface area contributed by atoms with Crippen molar-refractivity contribution in [3.63, 3.8) is 0 Å². The van der Waals surface area contributed by atoms with Crippen LogP contribution < -0.4 is 17.0 Å². The molecule has 0 aliphatic heterocycles. The molecule has 0 fully saturated rings. The molecule has 10 heteroatoms. The topological polar surface area (TPSA) is 147 Å². The van der Waals surface area contributed by atoms with Crippen LogP contribution in [-0.2, 0) is 6.54 Å². The van der Waals surface area contributed by atoms with Crippen molar-refractivity contribution in [3.05, 3.63) is 92.1 Å². The number of carboxylic acid groups (broad SMARTS) is 1. The molecule has 0 unspecified atom stereocenters. The third-order valence-corrected chi connectivity index (χ3v) is 5.79. The second-order valence-corrected chi connectivity index (χ2v) is 7.94. The Morgan fingerprint density at radius 2 is 1.94 bits per heavy atom. The maximum Gasteiger partial charge on any atom is 0.353 e. The number of fused-ring (bicyclic) bond motifs is 2. The molecule has 34 heavy (non-hydrogen) atoms. The van der Waals surface area contributed by atoms with Gasteiger partial charge >= 0.3 is 11.7 Å². The monoisotopic (exact) mass is 459 g/mol. The summed E-state index contributed by atoms with van der Waals surface area (Å²) >= 11 is 0. The van der Waals surface area contributed by atoms with Crippen LogP contribution in [0.5, 0.6) is 0 Å². The van der Waals surface area contributed by atoms with Crippen molar-refractivity contribution in [1.29, 1.82) is 0 Å². The first-order chi connectivity index (χ1) is 16.2. The van der Waals surface area contributed by atoms with Gasteiger partial charge in [-0.3, -0.25) is 9.78 Å². The van der Waals surface area contributed by atoms with Crippen molar-refractivity contribution in [2.75, 3.05) is 5.73 Å². The lowest BCUT2D eigenvalue weighted by molar-refractivity contribution is 0.0687. The molecule has 3 aromatic heterocycles. The van der Waals surface area contributed by atoms with Gasteiger partial charge in [-0.2, -0.15) is 0 Å². The Kier molecular flexibility index (Phi) is 4.78. The van der Waals surface area contributed by atoms with E-state index < -0.39 is 23.0 Å². The molecule has 5 rings (SSSR count). The lowest BCUT2D eigenvalue weighted by Gasteiger charge is -2.12. The summed E-state index contributed by atoms with van der Waals surface area (Å²) in [5, 5.41) is 11.3. The van der Waals surface area contributed by atoms with E-state index in [1.807, 2.05) is 18.2 Å². The molecule has 3 heterocycles. The van der Waals surface area contributed by atoms with E-state index in [2.05, 4.69) is 15.0 Å². The Morgan fingerprint density at radius 1 is 1.18 bits per heavy atom. The van der Waals surface area contributed by atoms with E-state index >= 15 is 0 Å². The van der Waals surface area contributed by atoms with Gasteiger partial charge < -0.3 is 20.4 Å².